The predicted octanol–water partition coefficient (Wildman–Crippen LogP) is 3.10. The summed E-state index contributed by atoms with van der Waals surface area (Å²) >= 11 is 0. The molecule has 1 atom stereocenters. The number of nitrogens with zero attached hydrogens (tertiary/aromatic N) is 2. The third-order valence-corrected chi connectivity index (χ3v) is 5.11. The van der Waals surface area contributed by atoms with E-state index in [0.29, 0.717) is 35.0 Å². The molecule has 0 spiro atoms. The van der Waals surface area contributed by atoms with Gasteiger partial charge in [-0.3, -0.25) is 14.4 Å². The molecule has 0 fully saturated rings. The molecule has 0 saturated carbocycles. The Morgan fingerprint density at radius 2 is 2.00 bits per heavy atom. The van der Waals surface area contributed by atoms with Gasteiger partial charge in [-0.2, -0.15) is 0 Å². The van der Waals surface area contributed by atoms with Gasteiger partial charge in [-0.1, -0.05) is 24.8 Å². The highest BCUT2D eigenvalue weighted by atomic mass is 16.5. The Kier molecular flexibility index (Phi) is 7.14. The zero-order valence-corrected chi connectivity index (χ0v) is 18.5. The number of benzene rings is 2. The summed E-state index contributed by atoms with van der Waals surface area (Å²) in [5, 5.41) is 2.83. The minimum Gasteiger partial charge on any atom is -0.493 e. The first-order valence-electron chi connectivity index (χ1n) is 10.2. The second kappa shape index (κ2) is 10.00. The molecule has 168 valence electrons. The van der Waals surface area contributed by atoms with Crippen molar-refractivity contribution in [2.45, 2.75) is 19.4 Å². The number of carbonyl (C=O) groups is 3. The van der Waals surface area contributed by atoms with Gasteiger partial charge in [0, 0.05) is 25.1 Å². The number of nitrogens with one attached hydrogen (secondary N) is 1. The van der Waals surface area contributed by atoms with Crippen molar-refractivity contribution in [2.24, 2.45) is 0 Å². The molecular formula is C24H27N3O5. The van der Waals surface area contributed by atoms with E-state index in [1.807, 2.05) is 6.92 Å². The fraction of sp³-hybridized carbons (Fsp3) is 0.292. The molecule has 3 rings (SSSR count). The SMILES string of the molecule is C=CCOc1ccc(C(=O)N(C)CC(=O)N2c3ccccc3NC(=O)C[C@H]2C)cc1OC. The molecule has 8 nitrogen and oxygen atoms in total. The Balaban J connectivity index is 1.78. The van der Waals surface area contributed by atoms with Gasteiger partial charge in [-0.25, -0.2) is 0 Å². The summed E-state index contributed by atoms with van der Waals surface area (Å²) in [6, 6.07) is 11.6. The minimum atomic E-state index is -0.351. The molecule has 1 aliphatic heterocycles. The van der Waals surface area contributed by atoms with Gasteiger partial charge in [0.2, 0.25) is 11.8 Å². The largest absolute Gasteiger partial charge is 0.493 e. The van der Waals surface area contributed by atoms with Crippen molar-refractivity contribution in [1.29, 1.82) is 0 Å². The van der Waals surface area contributed by atoms with Crippen LogP contribution in [0.4, 0.5) is 11.4 Å². The van der Waals surface area contributed by atoms with E-state index >= 15 is 0 Å². The fourth-order valence-electron chi connectivity index (χ4n) is 3.61. The molecule has 0 unspecified atom stereocenters. The Labute approximate surface area is 187 Å². The molecule has 8 heteroatoms. The van der Waals surface area contributed by atoms with E-state index in [0.717, 1.165) is 0 Å². The number of amides is 3. The molecule has 0 aliphatic carbocycles. The molecule has 0 radical (unpaired) electrons. The summed E-state index contributed by atoms with van der Waals surface area (Å²) in [4.78, 5) is 41.3. The van der Waals surface area contributed by atoms with Crippen LogP contribution in [0.1, 0.15) is 23.7 Å². The lowest BCUT2D eigenvalue weighted by Crippen LogP contribution is -2.45. The number of anilines is 2. The van der Waals surface area contributed by atoms with E-state index < -0.39 is 0 Å². The molecule has 32 heavy (non-hydrogen) atoms. The van der Waals surface area contributed by atoms with E-state index in [1.165, 1.54) is 12.0 Å². The van der Waals surface area contributed by atoms with Crippen molar-refractivity contribution in [3.63, 3.8) is 0 Å². The summed E-state index contributed by atoms with van der Waals surface area (Å²) in [7, 11) is 3.05. The maximum atomic E-state index is 13.2. The van der Waals surface area contributed by atoms with Crippen molar-refractivity contribution in [3.05, 3.63) is 60.7 Å². The van der Waals surface area contributed by atoms with Crippen LogP contribution >= 0.6 is 0 Å². The number of hydrogen-bond acceptors (Lipinski definition) is 5. The quantitative estimate of drug-likeness (QED) is 0.673. The molecular weight excluding hydrogens is 410 g/mol. The Morgan fingerprint density at radius 1 is 1.25 bits per heavy atom. The van der Waals surface area contributed by atoms with E-state index in [4.69, 9.17) is 9.47 Å². The second-order valence-electron chi connectivity index (χ2n) is 7.51. The molecule has 1 aliphatic rings. The highest BCUT2D eigenvalue weighted by Gasteiger charge is 2.30. The lowest BCUT2D eigenvalue weighted by Gasteiger charge is -2.29. The van der Waals surface area contributed by atoms with Crippen LogP contribution in [0, 0.1) is 0 Å². The predicted molar refractivity (Wildman–Crippen MR) is 122 cm³/mol. The van der Waals surface area contributed by atoms with Gasteiger partial charge in [0.1, 0.15) is 13.2 Å². The number of para-hydroxylation sites is 2. The minimum absolute atomic E-state index is 0.150. The number of rotatable bonds is 7. The van der Waals surface area contributed by atoms with E-state index in [2.05, 4.69) is 11.9 Å². The molecule has 2 aromatic carbocycles. The summed E-state index contributed by atoms with van der Waals surface area (Å²) in [5.41, 5.74) is 1.55. The molecule has 3 amide bonds. The van der Waals surface area contributed by atoms with Gasteiger partial charge in [0.15, 0.2) is 11.5 Å². The first-order valence-corrected chi connectivity index (χ1v) is 10.2. The van der Waals surface area contributed by atoms with Gasteiger partial charge in [0.05, 0.1) is 18.5 Å². The topological polar surface area (TPSA) is 88.2 Å². The smallest absolute Gasteiger partial charge is 0.254 e. The maximum Gasteiger partial charge on any atom is 0.254 e. The number of carbonyl (C=O) groups excluding carboxylic acids is 3. The second-order valence-corrected chi connectivity index (χ2v) is 7.51. The summed E-state index contributed by atoms with van der Waals surface area (Å²) in [6.45, 7) is 5.58. The Bertz CT molecular complexity index is 1040. The summed E-state index contributed by atoms with van der Waals surface area (Å²) < 4.78 is 10.8. The highest BCUT2D eigenvalue weighted by Crippen LogP contribution is 2.32. The van der Waals surface area contributed by atoms with Gasteiger partial charge in [-0.15, -0.1) is 0 Å². The molecule has 0 saturated heterocycles. The zero-order valence-electron chi connectivity index (χ0n) is 18.5. The third kappa shape index (κ3) is 4.91. The standard InChI is InChI=1S/C24H27N3O5/c1-5-12-32-20-11-10-17(14-21(20)31-4)24(30)26(3)15-23(29)27-16(2)13-22(28)25-18-8-6-7-9-19(18)27/h5-11,14,16H,1,12-13,15H2,2-4H3,(H,25,28)/t16-/m1/s1. The zero-order chi connectivity index (χ0) is 23.3. The lowest BCUT2D eigenvalue weighted by atomic mass is 10.1. The van der Waals surface area contributed by atoms with Crippen LogP contribution in [-0.2, 0) is 9.59 Å². The maximum absolute atomic E-state index is 13.2. The molecule has 2 aromatic rings. The Hall–Kier alpha value is -3.81. The van der Waals surface area contributed by atoms with Crippen molar-refractivity contribution >= 4 is 29.1 Å². The van der Waals surface area contributed by atoms with Crippen LogP contribution < -0.4 is 19.7 Å². The van der Waals surface area contributed by atoms with Crippen molar-refractivity contribution in [1.82, 2.24) is 4.90 Å². The first-order chi connectivity index (χ1) is 15.3. The van der Waals surface area contributed by atoms with Crippen LogP contribution in [0.2, 0.25) is 0 Å². The molecule has 1 heterocycles. The fourth-order valence-corrected chi connectivity index (χ4v) is 3.61. The monoisotopic (exact) mass is 437 g/mol. The molecule has 0 aromatic heterocycles. The van der Waals surface area contributed by atoms with Crippen molar-refractivity contribution in [2.75, 3.05) is 37.5 Å². The van der Waals surface area contributed by atoms with E-state index in [9.17, 15) is 14.4 Å². The van der Waals surface area contributed by atoms with Gasteiger partial charge < -0.3 is 24.6 Å². The van der Waals surface area contributed by atoms with Gasteiger partial charge in [0.25, 0.3) is 5.91 Å². The highest BCUT2D eigenvalue weighted by molar-refractivity contribution is 6.06. The average Bonchev–Trinajstić information content (AvgIpc) is 2.90. The van der Waals surface area contributed by atoms with Crippen LogP contribution in [0.15, 0.2) is 55.1 Å². The van der Waals surface area contributed by atoms with Gasteiger partial charge in [-0.05, 0) is 37.3 Å². The number of hydrogen-bond donors (Lipinski definition) is 1. The normalized spacial score (nSPS) is 15.2. The van der Waals surface area contributed by atoms with E-state index in [1.54, 1.807) is 60.5 Å². The Morgan fingerprint density at radius 3 is 2.72 bits per heavy atom. The summed E-state index contributed by atoms with van der Waals surface area (Å²) in [5.74, 6) is 0.134. The summed E-state index contributed by atoms with van der Waals surface area (Å²) in [6.07, 6.45) is 1.78. The van der Waals surface area contributed by atoms with Crippen LogP contribution in [-0.4, -0.2) is 56.0 Å². The molecule has 1 N–H and O–H groups in total. The number of methoxy groups -OCH3 is 1. The molecule has 0 bridgehead atoms. The number of likely N-dealkylation sites (N-methyl/N-ethyl adjacent to an activating group) is 1. The van der Waals surface area contributed by atoms with E-state index in [-0.39, 0.29) is 36.7 Å². The first kappa shape index (κ1) is 22.9. The average molecular weight is 437 g/mol. The van der Waals surface area contributed by atoms with Gasteiger partial charge >= 0.3 is 0 Å². The number of fused-ring (bicyclic) bond motifs is 1. The van der Waals surface area contributed by atoms with Crippen LogP contribution in [0.3, 0.4) is 0 Å². The van der Waals surface area contributed by atoms with Crippen molar-refractivity contribution in [3.8, 4) is 11.5 Å². The van der Waals surface area contributed by atoms with Crippen molar-refractivity contribution < 1.29 is 23.9 Å². The third-order valence-electron chi connectivity index (χ3n) is 5.11. The number of ether oxygens (including phenoxy) is 2. The van der Waals surface area contributed by atoms with Crippen LogP contribution in [0.5, 0.6) is 11.5 Å². The lowest BCUT2D eigenvalue weighted by molar-refractivity contribution is -0.119. The van der Waals surface area contributed by atoms with Crippen LogP contribution in [0.25, 0.3) is 0 Å².